The molecule has 0 radical (unpaired) electrons. The van der Waals surface area contributed by atoms with Gasteiger partial charge in [0.05, 0.1) is 10.5 Å². The number of rotatable bonds is 8. The molecule has 0 aliphatic rings. The van der Waals surface area contributed by atoms with Crippen LogP contribution in [0.25, 0.3) is 0 Å². The fraction of sp³-hybridized carbons (Fsp3) is 0.458. The Kier molecular flexibility index (Phi) is 7.07. The number of carbonyl (C=O) groups excluding carboxylic acids is 1. The van der Waals surface area contributed by atoms with E-state index in [1.165, 1.54) is 12.1 Å². The molecule has 0 aromatic heterocycles. The van der Waals surface area contributed by atoms with Gasteiger partial charge in [0.15, 0.2) is 15.6 Å². The van der Waals surface area contributed by atoms with Crippen molar-refractivity contribution in [3.63, 3.8) is 0 Å². The number of hydrogen-bond acceptors (Lipinski definition) is 4. The van der Waals surface area contributed by atoms with E-state index in [1.807, 2.05) is 18.2 Å². The van der Waals surface area contributed by atoms with Crippen molar-refractivity contribution in [2.75, 3.05) is 5.75 Å². The van der Waals surface area contributed by atoms with Crippen LogP contribution in [0.5, 0.6) is 0 Å². The predicted molar refractivity (Wildman–Crippen MR) is 117 cm³/mol. The molecule has 2 aromatic rings. The molecule has 0 heterocycles. The maximum Gasteiger partial charge on any atom is 0.185 e. The van der Waals surface area contributed by atoms with Gasteiger partial charge in [-0.3, -0.25) is 4.79 Å². The first-order chi connectivity index (χ1) is 13.3. The highest BCUT2D eigenvalue weighted by molar-refractivity contribution is 7.92. The molecule has 158 valence electrons. The second-order valence-electron chi connectivity index (χ2n) is 8.78. The summed E-state index contributed by atoms with van der Waals surface area (Å²) < 4.78 is 25.5. The lowest BCUT2D eigenvalue weighted by Gasteiger charge is -2.19. The molecule has 0 saturated heterocycles. The zero-order chi connectivity index (χ0) is 22.0. The molecule has 0 unspecified atom stereocenters. The predicted octanol–water partition coefficient (Wildman–Crippen LogP) is 4.75. The van der Waals surface area contributed by atoms with E-state index in [0.29, 0.717) is 5.56 Å². The van der Waals surface area contributed by atoms with Crippen molar-refractivity contribution in [1.82, 2.24) is 0 Å². The largest absolute Gasteiger partial charge is 0.386 e. The molecule has 0 amide bonds. The average molecular weight is 417 g/mol. The van der Waals surface area contributed by atoms with Crippen molar-refractivity contribution in [2.24, 2.45) is 0 Å². The van der Waals surface area contributed by atoms with E-state index in [4.69, 9.17) is 0 Å². The van der Waals surface area contributed by atoms with Crippen LogP contribution in [0.4, 0.5) is 0 Å². The van der Waals surface area contributed by atoms with E-state index in [1.54, 1.807) is 26.0 Å². The summed E-state index contributed by atoms with van der Waals surface area (Å²) >= 11 is 0. The zero-order valence-corrected chi connectivity index (χ0v) is 19.0. The Bertz CT molecular complexity index is 937. The highest BCUT2D eigenvalue weighted by atomic mass is 32.2. The zero-order valence-electron chi connectivity index (χ0n) is 18.2. The first kappa shape index (κ1) is 23.3. The Hall–Kier alpha value is -1.98. The minimum absolute atomic E-state index is 0.0973. The third kappa shape index (κ3) is 5.77. The summed E-state index contributed by atoms with van der Waals surface area (Å²) in [5.41, 5.74) is 2.71. The monoisotopic (exact) mass is 416 g/mol. The molecule has 0 atom stereocenters. The number of benzene rings is 2. The summed E-state index contributed by atoms with van der Waals surface area (Å²) in [6.07, 6.45) is 0.114. The van der Waals surface area contributed by atoms with Gasteiger partial charge in [-0.05, 0) is 60.1 Å². The van der Waals surface area contributed by atoms with Crippen molar-refractivity contribution in [3.05, 3.63) is 64.7 Å². The number of sulfone groups is 1. The van der Waals surface area contributed by atoms with E-state index in [9.17, 15) is 18.3 Å². The Morgan fingerprint density at radius 1 is 0.931 bits per heavy atom. The van der Waals surface area contributed by atoms with Gasteiger partial charge in [0.2, 0.25) is 0 Å². The normalized spacial score (nSPS) is 12.6. The molecule has 0 spiro atoms. The van der Waals surface area contributed by atoms with Crippen molar-refractivity contribution < 1.29 is 18.3 Å². The molecule has 4 nitrogen and oxygen atoms in total. The van der Waals surface area contributed by atoms with Crippen LogP contribution in [0, 0.1) is 0 Å². The van der Waals surface area contributed by atoms with E-state index in [-0.39, 0.29) is 28.9 Å². The molecule has 0 bridgehead atoms. The lowest BCUT2D eigenvalue weighted by Crippen LogP contribution is -2.20. The molecule has 0 saturated carbocycles. The van der Waals surface area contributed by atoms with E-state index in [2.05, 4.69) is 27.7 Å². The molecule has 2 rings (SSSR count). The van der Waals surface area contributed by atoms with Gasteiger partial charge in [-0.2, -0.15) is 0 Å². The van der Waals surface area contributed by atoms with Crippen molar-refractivity contribution >= 4 is 15.6 Å². The highest BCUT2D eigenvalue weighted by Gasteiger charge is 2.23. The Morgan fingerprint density at radius 2 is 1.41 bits per heavy atom. The van der Waals surface area contributed by atoms with Crippen LogP contribution in [-0.2, 0) is 26.7 Å². The summed E-state index contributed by atoms with van der Waals surface area (Å²) in [5, 5.41) is 10.0. The third-order valence-electron chi connectivity index (χ3n) is 5.14. The standard InChI is InChI=1S/C24H32O4S/c1-16(2)21-8-7-9-22(17(3)4)23(21)14-19(25)15-29(27,28)20-12-10-18(11-13-20)24(5,6)26/h7-13,16-17,26H,14-15H2,1-6H3. The van der Waals surface area contributed by atoms with Crippen LogP contribution in [0.2, 0.25) is 0 Å². The van der Waals surface area contributed by atoms with Crippen molar-refractivity contribution in [3.8, 4) is 0 Å². The molecule has 29 heavy (non-hydrogen) atoms. The number of hydrogen-bond donors (Lipinski definition) is 1. The van der Waals surface area contributed by atoms with E-state index in [0.717, 1.165) is 16.7 Å². The maximum absolute atomic E-state index is 12.8. The lowest BCUT2D eigenvalue weighted by atomic mass is 9.86. The van der Waals surface area contributed by atoms with Gasteiger partial charge >= 0.3 is 0 Å². The van der Waals surface area contributed by atoms with Crippen LogP contribution in [0.15, 0.2) is 47.4 Å². The van der Waals surface area contributed by atoms with Crippen molar-refractivity contribution in [2.45, 2.75) is 70.3 Å². The molecule has 0 fully saturated rings. The Balaban J connectivity index is 2.27. The van der Waals surface area contributed by atoms with Gasteiger partial charge in [-0.25, -0.2) is 8.42 Å². The van der Waals surface area contributed by atoms with Gasteiger partial charge in [0.25, 0.3) is 0 Å². The second kappa shape index (κ2) is 8.80. The van der Waals surface area contributed by atoms with E-state index < -0.39 is 21.2 Å². The Morgan fingerprint density at radius 3 is 1.83 bits per heavy atom. The smallest absolute Gasteiger partial charge is 0.185 e. The molecule has 5 heteroatoms. The Labute approximate surface area is 174 Å². The number of carbonyl (C=O) groups is 1. The quantitative estimate of drug-likeness (QED) is 0.674. The minimum atomic E-state index is -3.74. The van der Waals surface area contributed by atoms with E-state index >= 15 is 0 Å². The third-order valence-corrected chi connectivity index (χ3v) is 6.83. The van der Waals surface area contributed by atoms with Crippen LogP contribution in [0.3, 0.4) is 0 Å². The summed E-state index contributed by atoms with van der Waals surface area (Å²) in [6, 6.07) is 12.1. The second-order valence-corrected chi connectivity index (χ2v) is 10.8. The molecular weight excluding hydrogens is 384 g/mol. The van der Waals surface area contributed by atoms with Crippen molar-refractivity contribution in [1.29, 1.82) is 0 Å². The summed E-state index contributed by atoms with van der Waals surface area (Å²) in [4.78, 5) is 12.9. The van der Waals surface area contributed by atoms with Gasteiger partial charge in [0.1, 0.15) is 5.75 Å². The SMILES string of the molecule is CC(C)c1cccc(C(C)C)c1CC(=O)CS(=O)(=O)c1ccc(C(C)(C)O)cc1. The first-order valence-corrected chi connectivity index (χ1v) is 11.7. The lowest BCUT2D eigenvalue weighted by molar-refractivity contribution is -0.116. The summed E-state index contributed by atoms with van der Waals surface area (Å²) in [6.45, 7) is 11.6. The van der Waals surface area contributed by atoms with Gasteiger partial charge < -0.3 is 5.11 Å². The minimum Gasteiger partial charge on any atom is -0.386 e. The molecule has 0 aliphatic heterocycles. The summed E-state index contributed by atoms with van der Waals surface area (Å²) in [5.74, 6) is -0.338. The number of Topliss-reactive ketones (excluding diaryl/α,β-unsaturated/α-hetero) is 1. The van der Waals surface area contributed by atoms with Gasteiger partial charge in [-0.1, -0.05) is 58.0 Å². The fourth-order valence-electron chi connectivity index (χ4n) is 3.52. The number of ketones is 1. The molecular formula is C24H32O4S. The highest BCUT2D eigenvalue weighted by Crippen LogP contribution is 2.29. The average Bonchev–Trinajstić information content (AvgIpc) is 2.60. The van der Waals surface area contributed by atoms with Crippen LogP contribution in [0.1, 0.15) is 75.6 Å². The summed E-state index contributed by atoms with van der Waals surface area (Å²) in [7, 11) is -3.74. The van der Waals surface area contributed by atoms with Crippen LogP contribution in [-0.4, -0.2) is 25.1 Å². The fourth-order valence-corrected chi connectivity index (χ4v) is 4.77. The molecule has 2 aromatic carbocycles. The van der Waals surface area contributed by atoms with Crippen LogP contribution >= 0.6 is 0 Å². The van der Waals surface area contributed by atoms with Gasteiger partial charge in [-0.15, -0.1) is 0 Å². The first-order valence-electron chi connectivity index (χ1n) is 10.0. The van der Waals surface area contributed by atoms with Gasteiger partial charge in [0, 0.05) is 6.42 Å². The molecule has 1 N–H and O–H groups in total. The molecule has 0 aliphatic carbocycles. The maximum atomic E-state index is 12.8. The number of aliphatic hydroxyl groups is 1. The van der Waals surface area contributed by atoms with Crippen LogP contribution < -0.4 is 0 Å². The topological polar surface area (TPSA) is 71.4 Å².